The molecule has 2 heterocycles. The number of anilines is 1. The average Bonchev–Trinajstić information content (AvgIpc) is 2.48. The lowest BCUT2D eigenvalue weighted by atomic mass is 10.2. The van der Waals surface area contributed by atoms with Gasteiger partial charge in [-0.05, 0) is 29.8 Å². The number of rotatable bonds is 4. The first-order valence-electron chi connectivity index (χ1n) is 5.83. The van der Waals surface area contributed by atoms with Crippen molar-refractivity contribution in [1.29, 1.82) is 0 Å². The molecule has 0 radical (unpaired) electrons. The van der Waals surface area contributed by atoms with Crippen molar-refractivity contribution < 1.29 is 14.7 Å². The summed E-state index contributed by atoms with van der Waals surface area (Å²) >= 11 is 5.71. The van der Waals surface area contributed by atoms with Gasteiger partial charge in [-0.2, -0.15) is 0 Å². The molecule has 0 saturated heterocycles. The van der Waals surface area contributed by atoms with Gasteiger partial charge < -0.3 is 10.4 Å². The normalized spacial score (nSPS) is 10.5. The number of hydrogen-bond acceptors (Lipinski definition) is 4. The molecule has 0 unspecified atom stereocenters. The molecule has 6 nitrogen and oxygen atoms in total. The summed E-state index contributed by atoms with van der Waals surface area (Å²) in [4.78, 5) is 30.3. The number of carboxylic acid groups (broad SMARTS) is 1. The Hall–Kier alpha value is -2.73. The van der Waals surface area contributed by atoms with E-state index in [2.05, 4.69) is 15.3 Å². The Balaban J connectivity index is 2.14. The minimum absolute atomic E-state index is 0.291. The van der Waals surface area contributed by atoms with Crippen LogP contribution in [0.2, 0.25) is 5.02 Å². The maximum absolute atomic E-state index is 12.0. The summed E-state index contributed by atoms with van der Waals surface area (Å²) in [5, 5.41) is 11.6. The molecule has 2 aromatic heterocycles. The van der Waals surface area contributed by atoms with E-state index >= 15 is 0 Å². The summed E-state index contributed by atoms with van der Waals surface area (Å²) in [6.07, 6.45) is 6.58. The highest BCUT2D eigenvalue weighted by Gasteiger charge is 2.07. The van der Waals surface area contributed by atoms with E-state index in [0.717, 1.165) is 6.08 Å². The van der Waals surface area contributed by atoms with Gasteiger partial charge in [-0.3, -0.25) is 9.78 Å². The highest BCUT2D eigenvalue weighted by Crippen LogP contribution is 2.11. The first-order valence-corrected chi connectivity index (χ1v) is 6.21. The maximum Gasteiger partial charge on any atom is 0.328 e. The lowest BCUT2D eigenvalue weighted by Gasteiger charge is -2.04. The Kier molecular flexibility index (Phi) is 4.63. The van der Waals surface area contributed by atoms with E-state index in [4.69, 9.17) is 16.7 Å². The molecule has 0 aliphatic carbocycles. The molecule has 0 aromatic carbocycles. The zero-order chi connectivity index (χ0) is 15.2. The fourth-order valence-corrected chi connectivity index (χ4v) is 1.59. The number of nitrogens with one attached hydrogen (secondary N) is 1. The van der Waals surface area contributed by atoms with Crippen molar-refractivity contribution in [2.24, 2.45) is 0 Å². The van der Waals surface area contributed by atoms with Crippen LogP contribution in [0.3, 0.4) is 0 Å². The molecule has 21 heavy (non-hydrogen) atoms. The van der Waals surface area contributed by atoms with Crippen LogP contribution in [0.15, 0.2) is 42.9 Å². The van der Waals surface area contributed by atoms with Gasteiger partial charge in [-0.1, -0.05) is 11.6 Å². The summed E-state index contributed by atoms with van der Waals surface area (Å²) in [5.41, 5.74) is 0.799. The molecule has 2 N–H and O–H groups in total. The number of carbonyl (C=O) groups is 2. The third-order valence-electron chi connectivity index (χ3n) is 2.41. The summed E-state index contributed by atoms with van der Waals surface area (Å²) < 4.78 is 0. The minimum atomic E-state index is -1.07. The molecule has 106 valence electrons. The molecule has 0 aliphatic heterocycles. The van der Waals surface area contributed by atoms with E-state index in [1.807, 2.05) is 0 Å². The van der Waals surface area contributed by atoms with Crippen LogP contribution in [0, 0.1) is 0 Å². The zero-order valence-corrected chi connectivity index (χ0v) is 11.4. The molecule has 1 amide bonds. The van der Waals surface area contributed by atoms with E-state index in [1.54, 1.807) is 12.1 Å². The Labute approximate surface area is 125 Å². The first kappa shape index (κ1) is 14.7. The topological polar surface area (TPSA) is 92.2 Å². The zero-order valence-electron chi connectivity index (χ0n) is 10.7. The second kappa shape index (κ2) is 6.62. The van der Waals surface area contributed by atoms with Gasteiger partial charge in [0.05, 0.1) is 10.6 Å². The molecule has 0 saturated carbocycles. The molecule has 0 atom stereocenters. The smallest absolute Gasteiger partial charge is 0.328 e. The Morgan fingerprint density at radius 3 is 2.71 bits per heavy atom. The Bertz CT molecular complexity index is 699. The third-order valence-corrected chi connectivity index (χ3v) is 2.63. The van der Waals surface area contributed by atoms with Crippen molar-refractivity contribution in [1.82, 2.24) is 9.97 Å². The van der Waals surface area contributed by atoms with Crippen molar-refractivity contribution in [3.05, 3.63) is 59.0 Å². The predicted octanol–water partition coefficient (Wildman–Crippen LogP) is 2.48. The van der Waals surface area contributed by atoms with Crippen LogP contribution in [0.4, 0.5) is 5.82 Å². The number of amides is 1. The van der Waals surface area contributed by atoms with Crippen molar-refractivity contribution in [2.75, 3.05) is 5.32 Å². The van der Waals surface area contributed by atoms with Gasteiger partial charge in [0.15, 0.2) is 0 Å². The highest BCUT2D eigenvalue weighted by atomic mass is 35.5. The largest absolute Gasteiger partial charge is 0.478 e. The Morgan fingerprint density at radius 2 is 2.05 bits per heavy atom. The van der Waals surface area contributed by atoms with E-state index in [1.165, 1.54) is 30.7 Å². The van der Waals surface area contributed by atoms with Crippen LogP contribution < -0.4 is 5.32 Å². The first-order chi connectivity index (χ1) is 10.0. The van der Waals surface area contributed by atoms with Crippen LogP contribution in [0.25, 0.3) is 6.08 Å². The van der Waals surface area contributed by atoms with Crippen LogP contribution in [0.1, 0.15) is 15.9 Å². The standard InChI is InChI=1S/C14H10ClN3O3/c15-11-2-3-12(17-8-11)18-14(21)10-5-9(6-16-7-10)1-4-13(19)20/h1-8H,(H,19,20)(H,17,18,21). The van der Waals surface area contributed by atoms with Gasteiger partial charge in [0.1, 0.15) is 5.82 Å². The van der Waals surface area contributed by atoms with Crippen LogP contribution >= 0.6 is 11.6 Å². The lowest BCUT2D eigenvalue weighted by molar-refractivity contribution is -0.131. The molecule has 7 heteroatoms. The predicted molar refractivity (Wildman–Crippen MR) is 78.1 cm³/mol. The van der Waals surface area contributed by atoms with Gasteiger partial charge in [-0.15, -0.1) is 0 Å². The van der Waals surface area contributed by atoms with E-state index < -0.39 is 11.9 Å². The van der Waals surface area contributed by atoms with E-state index in [-0.39, 0.29) is 0 Å². The third kappa shape index (κ3) is 4.39. The number of hydrogen-bond donors (Lipinski definition) is 2. The highest BCUT2D eigenvalue weighted by molar-refractivity contribution is 6.30. The molecule has 2 aromatic rings. The number of carbonyl (C=O) groups excluding carboxylic acids is 1. The number of carboxylic acids is 1. The number of nitrogens with zero attached hydrogens (tertiary/aromatic N) is 2. The fraction of sp³-hybridized carbons (Fsp3) is 0. The molecule has 0 spiro atoms. The summed E-state index contributed by atoms with van der Waals surface area (Å²) in [5.74, 6) is -1.12. The van der Waals surface area contributed by atoms with Gasteiger partial charge in [0.2, 0.25) is 0 Å². The Morgan fingerprint density at radius 1 is 1.24 bits per heavy atom. The summed E-state index contributed by atoms with van der Waals surface area (Å²) in [6.45, 7) is 0. The van der Waals surface area contributed by atoms with Crippen molar-refractivity contribution >= 4 is 35.4 Å². The average molecular weight is 304 g/mol. The summed E-state index contributed by atoms with van der Waals surface area (Å²) in [6, 6.07) is 4.70. The molecular weight excluding hydrogens is 294 g/mol. The van der Waals surface area contributed by atoms with Gasteiger partial charge in [-0.25, -0.2) is 9.78 Å². The van der Waals surface area contributed by atoms with Gasteiger partial charge in [0.25, 0.3) is 5.91 Å². The number of pyridine rings is 2. The van der Waals surface area contributed by atoms with Crippen molar-refractivity contribution in [3.8, 4) is 0 Å². The number of halogens is 1. The van der Waals surface area contributed by atoms with Crippen molar-refractivity contribution in [2.45, 2.75) is 0 Å². The molecular formula is C14H10ClN3O3. The SMILES string of the molecule is O=C(O)C=Cc1cncc(C(=O)Nc2ccc(Cl)cn2)c1. The van der Waals surface area contributed by atoms with Crippen molar-refractivity contribution in [3.63, 3.8) is 0 Å². The molecule has 0 bridgehead atoms. The summed E-state index contributed by atoms with van der Waals surface area (Å²) in [7, 11) is 0. The van der Waals surface area contributed by atoms with E-state index in [0.29, 0.717) is 22.0 Å². The monoisotopic (exact) mass is 303 g/mol. The molecule has 0 fully saturated rings. The second-order valence-electron chi connectivity index (χ2n) is 3.99. The van der Waals surface area contributed by atoms with E-state index in [9.17, 15) is 9.59 Å². The minimum Gasteiger partial charge on any atom is -0.478 e. The van der Waals surface area contributed by atoms with Crippen LogP contribution in [-0.2, 0) is 4.79 Å². The number of aromatic nitrogens is 2. The number of aliphatic carboxylic acids is 1. The van der Waals surface area contributed by atoms with Crippen LogP contribution in [0.5, 0.6) is 0 Å². The lowest BCUT2D eigenvalue weighted by Crippen LogP contribution is -2.13. The molecule has 2 rings (SSSR count). The second-order valence-corrected chi connectivity index (χ2v) is 4.43. The van der Waals surface area contributed by atoms with Gasteiger partial charge in [0, 0.05) is 24.7 Å². The van der Waals surface area contributed by atoms with Gasteiger partial charge >= 0.3 is 5.97 Å². The fourth-order valence-electron chi connectivity index (χ4n) is 1.48. The molecule has 0 aliphatic rings. The quantitative estimate of drug-likeness (QED) is 0.847. The van der Waals surface area contributed by atoms with Crippen LogP contribution in [-0.4, -0.2) is 27.0 Å². The maximum atomic E-state index is 12.0.